The van der Waals surface area contributed by atoms with Crippen LogP contribution < -0.4 is 0 Å². The smallest absolute Gasteiger partial charge is 0.337 e. The summed E-state index contributed by atoms with van der Waals surface area (Å²) in [7, 11) is 0. The van der Waals surface area contributed by atoms with Gasteiger partial charge in [-0.1, -0.05) is 24.3 Å². The number of hydrogen-bond donors (Lipinski definition) is 0. The average Bonchev–Trinajstić information content (AvgIpc) is 2.78. The van der Waals surface area contributed by atoms with Crippen LogP contribution in [0.5, 0.6) is 0 Å². The maximum absolute atomic E-state index is 11.3. The predicted octanol–water partition coefficient (Wildman–Crippen LogP) is 1.94. The van der Waals surface area contributed by atoms with Crippen LogP contribution in [0.15, 0.2) is 30.0 Å². The fraction of sp³-hybridized carbons (Fsp3) is 0.214. The third-order valence-electron chi connectivity index (χ3n) is 2.68. The second-order valence-electron chi connectivity index (χ2n) is 3.99. The molecular weight excluding hydrogens is 246 g/mol. The lowest BCUT2D eigenvalue weighted by Gasteiger charge is -2.05. The highest BCUT2D eigenvalue weighted by molar-refractivity contribution is 6.03. The first-order chi connectivity index (χ1) is 9.11. The summed E-state index contributed by atoms with van der Waals surface area (Å²) in [6, 6.07) is 7.13. The van der Waals surface area contributed by atoms with Gasteiger partial charge in [-0.05, 0) is 11.1 Å². The van der Waals surface area contributed by atoms with Crippen LogP contribution in [0, 0.1) is 6.57 Å². The Hall–Kier alpha value is -2.61. The minimum absolute atomic E-state index is 0.0349. The summed E-state index contributed by atoms with van der Waals surface area (Å²) in [5, 5.41) is 0. The number of cyclic esters (lactones) is 1. The summed E-state index contributed by atoms with van der Waals surface area (Å²) >= 11 is 0. The molecule has 1 aliphatic rings. The molecule has 5 heteroatoms. The lowest BCUT2D eigenvalue weighted by atomic mass is 10.0. The summed E-state index contributed by atoms with van der Waals surface area (Å²) in [5.74, 6) is -0.911. The molecule has 19 heavy (non-hydrogen) atoms. The first-order valence-electron chi connectivity index (χ1n) is 5.62. The van der Waals surface area contributed by atoms with Crippen LogP contribution in [-0.2, 0) is 25.7 Å². The molecule has 0 radical (unpaired) electrons. The summed E-state index contributed by atoms with van der Waals surface area (Å²) in [5.41, 5.74) is 2.24. The summed E-state index contributed by atoms with van der Waals surface area (Å²) in [6.45, 7) is 8.66. The fourth-order valence-electron chi connectivity index (χ4n) is 1.72. The molecule has 0 atom stereocenters. The molecule has 5 nitrogen and oxygen atoms in total. The average molecular weight is 257 g/mol. The van der Waals surface area contributed by atoms with Gasteiger partial charge < -0.3 is 9.47 Å². The highest BCUT2D eigenvalue weighted by Gasteiger charge is 2.26. The third-order valence-corrected chi connectivity index (χ3v) is 2.68. The largest absolute Gasteiger partial charge is 0.467 e. The Balaban J connectivity index is 2.20. The van der Waals surface area contributed by atoms with Gasteiger partial charge in [-0.3, -0.25) is 9.59 Å². The number of rotatable bonds is 3. The number of benzene rings is 1. The maximum Gasteiger partial charge on any atom is 0.337 e. The Morgan fingerprint density at radius 1 is 1.42 bits per heavy atom. The summed E-state index contributed by atoms with van der Waals surface area (Å²) in [4.78, 5) is 25.2. The van der Waals surface area contributed by atoms with E-state index in [4.69, 9.17) is 16.0 Å². The molecule has 0 amide bonds. The van der Waals surface area contributed by atoms with Gasteiger partial charge in [-0.15, -0.1) is 0 Å². The van der Waals surface area contributed by atoms with Crippen LogP contribution in [0.3, 0.4) is 0 Å². The number of carbonyl (C=O) groups excluding carboxylic acids is 2. The SMILES string of the molecule is [C-]#[N+]C1=C(c2ccc(COC(C)=O)cc2)COC1=O. The van der Waals surface area contributed by atoms with Crippen LogP contribution in [0.2, 0.25) is 0 Å². The molecule has 0 saturated heterocycles. The van der Waals surface area contributed by atoms with Gasteiger partial charge in [0.2, 0.25) is 0 Å². The van der Waals surface area contributed by atoms with Crippen molar-refractivity contribution in [2.75, 3.05) is 6.61 Å². The summed E-state index contributed by atoms with van der Waals surface area (Å²) in [6.07, 6.45) is 0. The van der Waals surface area contributed by atoms with Crippen molar-refractivity contribution in [3.8, 4) is 0 Å². The molecule has 1 aromatic rings. The molecule has 0 saturated carbocycles. The number of hydrogen-bond acceptors (Lipinski definition) is 4. The molecule has 0 spiro atoms. The van der Waals surface area contributed by atoms with E-state index in [2.05, 4.69) is 4.85 Å². The zero-order chi connectivity index (χ0) is 13.8. The van der Waals surface area contributed by atoms with Crippen molar-refractivity contribution in [2.24, 2.45) is 0 Å². The number of ether oxygens (including phenoxy) is 2. The van der Waals surface area contributed by atoms with E-state index in [0.717, 1.165) is 11.1 Å². The number of nitrogens with zero attached hydrogens (tertiary/aromatic N) is 1. The Labute approximate surface area is 110 Å². The highest BCUT2D eigenvalue weighted by atomic mass is 16.5. The third kappa shape index (κ3) is 2.80. The van der Waals surface area contributed by atoms with Crippen molar-refractivity contribution in [1.29, 1.82) is 0 Å². The molecule has 2 rings (SSSR count). The van der Waals surface area contributed by atoms with Gasteiger partial charge in [-0.25, -0.2) is 4.85 Å². The molecule has 1 aliphatic heterocycles. The first kappa shape index (κ1) is 12.8. The van der Waals surface area contributed by atoms with E-state index in [-0.39, 0.29) is 24.9 Å². The van der Waals surface area contributed by atoms with Crippen LogP contribution in [0.4, 0.5) is 0 Å². The topological polar surface area (TPSA) is 57.0 Å². The van der Waals surface area contributed by atoms with E-state index in [0.29, 0.717) is 5.57 Å². The van der Waals surface area contributed by atoms with Gasteiger partial charge >= 0.3 is 11.9 Å². The quantitative estimate of drug-likeness (QED) is 0.613. The van der Waals surface area contributed by atoms with Crippen molar-refractivity contribution in [2.45, 2.75) is 13.5 Å². The molecule has 96 valence electrons. The van der Waals surface area contributed by atoms with Gasteiger partial charge in [0.1, 0.15) is 13.2 Å². The minimum atomic E-state index is -0.575. The minimum Gasteiger partial charge on any atom is -0.467 e. The molecule has 1 aromatic carbocycles. The van der Waals surface area contributed by atoms with Crippen LogP contribution in [0.1, 0.15) is 18.1 Å². The van der Waals surface area contributed by atoms with Crippen LogP contribution in [0.25, 0.3) is 10.4 Å². The monoisotopic (exact) mass is 257 g/mol. The van der Waals surface area contributed by atoms with Crippen LogP contribution in [-0.4, -0.2) is 18.5 Å². The van der Waals surface area contributed by atoms with Gasteiger partial charge in [0, 0.05) is 12.5 Å². The zero-order valence-corrected chi connectivity index (χ0v) is 10.3. The molecule has 1 heterocycles. The lowest BCUT2D eigenvalue weighted by molar-refractivity contribution is -0.142. The van der Waals surface area contributed by atoms with Gasteiger partial charge in [0.05, 0.1) is 6.57 Å². The van der Waals surface area contributed by atoms with Crippen molar-refractivity contribution in [3.05, 3.63) is 52.5 Å². The van der Waals surface area contributed by atoms with E-state index in [1.807, 2.05) is 0 Å². The molecule has 0 aliphatic carbocycles. The lowest BCUT2D eigenvalue weighted by Crippen LogP contribution is -1.98. The first-order valence-corrected chi connectivity index (χ1v) is 5.62. The van der Waals surface area contributed by atoms with Gasteiger partial charge in [-0.2, -0.15) is 0 Å². The molecule has 0 unspecified atom stereocenters. The number of carbonyl (C=O) groups is 2. The second kappa shape index (κ2) is 5.36. The van der Waals surface area contributed by atoms with Crippen LogP contribution >= 0.6 is 0 Å². The number of esters is 2. The van der Waals surface area contributed by atoms with Crippen molar-refractivity contribution in [3.63, 3.8) is 0 Å². The van der Waals surface area contributed by atoms with E-state index < -0.39 is 5.97 Å². The normalized spacial score (nSPS) is 14.0. The molecule has 0 aromatic heterocycles. The van der Waals surface area contributed by atoms with E-state index in [9.17, 15) is 9.59 Å². The molecule has 0 bridgehead atoms. The zero-order valence-electron chi connectivity index (χ0n) is 10.3. The molecular formula is C14H11NO4. The van der Waals surface area contributed by atoms with Gasteiger partial charge in [0.25, 0.3) is 5.70 Å². The van der Waals surface area contributed by atoms with E-state index in [1.54, 1.807) is 24.3 Å². The maximum atomic E-state index is 11.3. The highest BCUT2D eigenvalue weighted by Crippen LogP contribution is 2.26. The van der Waals surface area contributed by atoms with Gasteiger partial charge in [0.15, 0.2) is 0 Å². The Bertz CT molecular complexity index is 593. The standard InChI is InChI=1S/C14H11NO4/c1-9(16)18-7-10-3-5-11(6-4-10)12-8-19-14(17)13(12)15-2/h3-6H,7-8H2,1H3. The Morgan fingerprint density at radius 2 is 2.11 bits per heavy atom. The predicted molar refractivity (Wildman–Crippen MR) is 66.4 cm³/mol. The molecule has 0 N–H and O–H groups in total. The fourth-order valence-corrected chi connectivity index (χ4v) is 1.72. The second-order valence-corrected chi connectivity index (χ2v) is 3.99. The molecule has 0 fully saturated rings. The van der Waals surface area contributed by atoms with Crippen molar-refractivity contribution < 1.29 is 19.1 Å². The Kier molecular flexibility index (Phi) is 3.62. The van der Waals surface area contributed by atoms with Crippen molar-refractivity contribution >= 4 is 17.5 Å². The van der Waals surface area contributed by atoms with E-state index in [1.165, 1.54) is 6.92 Å². The Morgan fingerprint density at radius 3 is 2.68 bits per heavy atom. The summed E-state index contributed by atoms with van der Waals surface area (Å²) < 4.78 is 9.71. The van der Waals surface area contributed by atoms with Crippen molar-refractivity contribution in [1.82, 2.24) is 0 Å². The van der Waals surface area contributed by atoms with E-state index >= 15 is 0 Å².